The van der Waals surface area contributed by atoms with Gasteiger partial charge < -0.3 is 40.2 Å². The predicted molar refractivity (Wildman–Crippen MR) is 88.2 cm³/mol. The molecule has 0 aliphatic heterocycles. The lowest BCUT2D eigenvalue weighted by Gasteiger charge is -1.98. The van der Waals surface area contributed by atoms with Crippen molar-refractivity contribution < 1.29 is 4.57 Å². The van der Waals surface area contributed by atoms with Crippen molar-refractivity contribution in [3.8, 4) is 0 Å². The van der Waals surface area contributed by atoms with E-state index < -0.39 is 9.39 Å². The van der Waals surface area contributed by atoms with Gasteiger partial charge in [0.15, 0.2) is 0 Å². The molecular formula is C12H23AlCl4N2. The third-order valence-corrected chi connectivity index (χ3v) is 2.59. The summed E-state index contributed by atoms with van der Waals surface area (Å²) < 4.78 is 4.36. The fourth-order valence-corrected chi connectivity index (χ4v) is 1.71. The molecule has 0 saturated carbocycles. The molecule has 1 aromatic rings. The minimum atomic E-state index is -2.94. The molecule has 7 heteroatoms. The molecule has 0 aromatic carbocycles. The number of hydrogen-bond donors (Lipinski definition) is 0. The molecule has 1 rings (SSSR count). The van der Waals surface area contributed by atoms with Crippen LogP contribution in [-0.2, 0) is 13.6 Å². The van der Waals surface area contributed by atoms with Crippen molar-refractivity contribution in [1.29, 1.82) is 0 Å². The molecule has 112 valence electrons. The summed E-state index contributed by atoms with van der Waals surface area (Å²) in [4.78, 5) is 0. The maximum absolute atomic E-state index is 4.99. The van der Waals surface area contributed by atoms with Gasteiger partial charge in [-0.1, -0.05) is 32.6 Å². The third kappa shape index (κ3) is 16.8. The van der Waals surface area contributed by atoms with Gasteiger partial charge in [-0.05, 0) is 12.8 Å². The number of aromatic nitrogens is 2. The van der Waals surface area contributed by atoms with E-state index in [2.05, 4.69) is 41.8 Å². The normalized spacial score (nSPS) is 11.1. The molecule has 0 atom stereocenters. The number of imidazole rings is 1. The molecule has 0 spiro atoms. The number of unbranched alkanes of at least 4 members (excludes halogenated alkanes) is 5. The Kier molecular flexibility index (Phi) is 12.1. The maximum atomic E-state index is 4.99. The molecule has 19 heavy (non-hydrogen) atoms. The second-order valence-electron chi connectivity index (χ2n) is 4.58. The Labute approximate surface area is 136 Å². The average Bonchev–Trinajstić information content (AvgIpc) is 2.67. The number of halogens is 4. The fourth-order valence-electron chi connectivity index (χ4n) is 1.71. The second-order valence-corrected chi connectivity index (χ2v) is 17.4. The summed E-state index contributed by atoms with van der Waals surface area (Å²) in [5, 5.41) is 0. The van der Waals surface area contributed by atoms with Crippen molar-refractivity contribution in [2.75, 3.05) is 0 Å². The molecule has 0 radical (unpaired) electrons. The molecule has 0 bridgehead atoms. The largest absolute Gasteiger partial charge is 0.564 e. The highest BCUT2D eigenvalue weighted by Gasteiger charge is 2.14. The lowest BCUT2D eigenvalue weighted by Crippen LogP contribution is -2.23. The first-order valence-corrected chi connectivity index (χ1v) is 13.7. The van der Waals surface area contributed by atoms with Crippen LogP contribution in [0, 0.1) is 0 Å². The molecule has 0 saturated heterocycles. The van der Waals surface area contributed by atoms with Crippen LogP contribution in [0.5, 0.6) is 0 Å². The molecule has 0 aliphatic carbocycles. The second kappa shape index (κ2) is 11.5. The van der Waals surface area contributed by atoms with Crippen molar-refractivity contribution in [1.82, 2.24) is 4.57 Å². The first-order chi connectivity index (χ1) is 8.83. The standard InChI is InChI=1S/C12H23N2.Al.4ClH/c1-3-4-5-6-7-8-9-14-11-10-13(2)12-14;;;;;/h10-12H,3-9H2,1-2H3;;4*1H/q+1;+3;;;;/p-4. The van der Waals surface area contributed by atoms with E-state index in [1.165, 1.54) is 45.1 Å². The number of rotatable bonds is 7. The summed E-state index contributed by atoms with van der Waals surface area (Å²) in [7, 11) is 19.1. The van der Waals surface area contributed by atoms with Gasteiger partial charge in [-0.25, -0.2) is 9.13 Å². The van der Waals surface area contributed by atoms with Crippen LogP contribution in [0.25, 0.3) is 0 Å². The van der Waals surface area contributed by atoms with Gasteiger partial charge >= 0.3 is 9.39 Å². The number of aryl methyl sites for hydroxylation is 2. The minimum Gasteiger partial charge on any atom is -0.391 e. The van der Waals surface area contributed by atoms with Crippen molar-refractivity contribution in [3.05, 3.63) is 18.7 Å². The van der Waals surface area contributed by atoms with E-state index in [0.717, 1.165) is 0 Å². The Morgan fingerprint density at radius 2 is 1.53 bits per heavy atom. The Balaban J connectivity index is 0.000000555. The predicted octanol–water partition coefficient (Wildman–Crippen LogP) is 5.05. The maximum Gasteiger partial charge on any atom is 0.564 e. The van der Waals surface area contributed by atoms with Gasteiger partial charge in [0.25, 0.3) is 0 Å². The smallest absolute Gasteiger partial charge is 0.391 e. The van der Waals surface area contributed by atoms with Gasteiger partial charge in [0, 0.05) is 0 Å². The summed E-state index contributed by atoms with van der Waals surface area (Å²) >= 11 is 0. The zero-order valence-electron chi connectivity index (χ0n) is 11.7. The van der Waals surface area contributed by atoms with E-state index in [-0.39, 0.29) is 0 Å². The lowest BCUT2D eigenvalue weighted by molar-refractivity contribution is -0.671. The highest BCUT2D eigenvalue weighted by atomic mass is 35.9. The number of hydrogen-bond acceptors (Lipinski definition) is 0. The Morgan fingerprint density at radius 1 is 1.00 bits per heavy atom. The number of nitrogens with zero attached hydrogens (tertiary/aromatic N) is 2. The van der Waals surface area contributed by atoms with E-state index in [4.69, 9.17) is 40.2 Å². The van der Waals surface area contributed by atoms with E-state index in [1.807, 2.05) is 0 Å². The summed E-state index contributed by atoms with van der Waals surface area (Å²) in [6.07, 6.45) is 14.6. The van der Waals surface area contributed by atoms with Crippen LogP contribution in [0.15, 0.2) is 18.7 Å². The molecular weight excluding hydrogens is 341 g/mol. The quantitative estimate of drug-likeness (QED) is 0.364. The van der Waals surface area contributed by atoms with Gasteiger partial charge in [0.2, 0.25) is 6.33 Å². The Hall–Kier alpha value is 0.902. The van der Waals surface area contributed by atoms with Crippen molar-refractivity contribution >= 4 is 49.6 Å². The summed E-state index contributed by atoms with van der Waals surface area (Å²) in [6, 6.07) is 0. The first-order valence-electron chi connectivity index (χ1n) is 6.71. The van der Waals surface area contributed by atoms with Crippen molar-refractivity contribution in [3.63, 3.8) is 0 Å². The molecule has 0 aliphatic rings. The first kappa shape index (κ1) is 19.9. The third-order valence-electron chi connectivity index (χ3n) is 2.59. The van der Waals surface area contributed by atoms with Crippen molar-refractivity contribution in [2.24, 2.45) is 7.05 Å². The average molecular weight is 364 g/mol. The Bertz CT molecular complexity index is 320. The molecule has 0 N–H and O–H groups in total. The zero-order chi connectivity index (χ0) is 14.7. The van der Waals surface area contributed by atoms with Crippen LogP contribution >= 0.6 is 40.2 Å². The van der Waals surface area contributed by atoms with Gasteiger partial charge in [-0.15, -0.1) is 0 Å². The van der Waals surface area contributed by atoms with Crippen LogP contribution in [0.4, 0.5) is 0 Å². The van der Waals surface area contributed by atoms with Crippen molar-refractivity contribution in [2.45, 2.75) is 52.0 Å². The van der Waals surface area contributed by atoms with E-state index in [1.54, 1.807) is 0 Å². The zero-order valence-corrected chi connectivity index (χ0v) is 15.8. The SMILES string of the molecule is CCCCCCCCn1cc[n+](C)c1.[Cl][Al-]([Cl])([Cl])[Cl]. The monoisotopic (exact) mass is 362 g/mol. The van der Waals surface area contributed by atoms with Crippen LogP contribution in [-0.4, -0.2) is 14.0 Å². The Morgan fingerprint density at radius 3 is 2.00 bits per heavy atom. The van der Waals surface area contributed by atoms with Gasteiger partial charge in [-0.3, -0.25) is 0 Å². The molecule has 0 fully saturated rings. The lowest BCUT2D eigenvalue weighted by atomic mass is 10.1. The van der Waals surface area contributed by atoms with Crippen LogP contribution in [0.2, 0.25) is 0 Å². The summed E-state index contributed by atoms with van der Waals surface area (Å²) in [5.41, 5.74) is 0. The fraction of sp³-hybridized carbons (Fsp3) is 0.750. The van der Waals surface area contributed by atoms with Gasteiger partial charge in [0.05, 0.1) is 13.6 Å². The van der Waals surface area contributed by atoms with Crippen LogP contribution in [0.3, 0.4) is 0 Å². The van der Waals surface area contributed by atoms with E-state index >= 15 is 0 Å². The molecule has 1 heterocycles. The highest BCUT2D eigenvalue weighted by Crippen LogP contribution is 2.23. The minimum absolute atomic E-state index is 1.17. The van der Waals surface area contributed by atoms with E-state index in [0.29, 0.717) is 0 Å². The van der Waals surface area contributed by atoms with Crippen LogP contribution in [0.1, 0.15) is 45.4 Å². The molecule has 0 unspecified atom stereocenters. The van der Waals surface area contributed by atoms with Crippen LogP contribution < -0.4 is 4.57 Å². The molecule has 2 nitrogen and oxygen atoms in total. The highest BCUT2D eigenvalue weighted by molar-refractivity contribution is 7.81. The van der Waals surface area contributed by atoms with Gasteiger partial charge in [0.1, 0.15) is 12.4 Å². The summed E-state index contributed by atoms with van der Waals surface area (Å²) in [5.74, 6) is 0. The molecule has 0 amide bonds. The van der Waals surface area contributed by atoms with E-state index in [9.17, 15) is 0 Å². The topological polar surface area (TPSA) is 8.81 Å². The van der Waals surface area contributed by atoms with Gasteiger partial charge in [-0.2, -0.15) is 0 Å². The molecule has 1 aromatic heterocycles. The summed E-state index contributed by atoms with van der Waals surface area (Å²) in [6.45, 7) is 3.44.